The van der Waals surface area contributed by atoms with Crippen LogP contribution in [0, 0.1) is 5.92 Å². The van der Waals surface area contributed by atoms with Gasteiger partial charge in [0.25, 0.3) is 0 Å². The van der Waals surface area contributed by atoms with Crippen molar-refractivity contribution in [3.05, 3.63) is 41.7 Å². The number of hydrogen-bond donors (Lipinski definition) is 1. The third-order valence-corrected chi connectivity index (χ3v) is 2.89. The van der Waals surface area contributed by atoms with Gasteiger partial charge in [0.2, 0.25) is 0 Å². The number of pyridine rings is 1. The first-order chi connectivity index (χ1) is 9.49. The van der Waals surface area contributed by atoms with E-state index >= 15 is 0 Å². The van der Waals surface area contributed by atoms with E-state index in [0.717, 1.165) is 12.0 Å². The molecule has 1 aromatic heterocycles. The Kier molecular flexibility index (Phi) is 6.94. The minimum absolute atomic E-state index is 0.289. The highest BCUT2D eigenvalue weighted by Crippen LogP contribution is 2.13. The molecule has 110 valence electrons. The second-order valence-corrected chi connectivity index (χ2v) is 5.29. The second-order valence-electron chi connectivity index (χ2n) is 5.29. The van der Waals surface area contributed by atoms with Gasteiger partial charge in [-0.25, -0.2) is 9.78 Å². The lowest BCUT2D eigenvalue weighted by Crippen LogP contribution is -2.14. The molecule has 0 spiro atoms. The summed E-state index contributed by atoms with van der Waals surface area (Å²) < 4.78 is 5.16. The van der Waals surface area contributed by atoms with Gasteiger partial charge in [-0.3, -0.25) is 0 Å². The summed E-state index contributed by atoms with van der Waals surface area (Å²) in [6, 6.07) is 5.13. The lowest BCUT2D eigenvalue weighted by molar-refractivity contribution is 0.0470. The van der Waals surface area contributed by atoms with Crippen molar-refractivity contribution >= 4 is 5.97 Å². The van der Waals surface area contributed by atoms with Crippen LogP contribution in [0.4, 0.5) is 0 Å². The summed E-state index contributed by atoms with van der Waals surface area (Å²) in [6.45, 7) is 6.31. The van der Waals surface area contributed by atoms with Gasteiger partial charge >= 0.3 is 5.97 Å². The Morgan fingerprint density at radius 3 is 2.80 bits per heavy atom. The van der Waals surface area contributed by atoms with E-state index in [1.165, 1.54) is 0 Å². The van der Waals surface area contributed by atoms with E-state index in [1.54, 1.807) is 24.4 Å². The average Bonchev–Trinajstić information content (AvgIpc) is 2.38. The van der Waals surface area contributed by atoms with Gasteiger partial charge in [0.1, 0.15) is 5.69 Å². The summed E-state index contributed by atoms with van der Waals surface area (Å²) in [4.78, 5) is 15.6. The summed E-state index contributed by atoms with van der Waals surface area (Å²) in [5, 5.41) is 9.78. The molecule has 0 saturated carbocycles. The highest BCUT2D eigenvalue weighted by molar-refractivity contribution is 5.87. The van der Waals surface area contributed by atoms with Crippen molar-refractivity contribution < 1.29 is 14.6 Å². The zero-order valence-electron chi connectivity index (χ0n) is 12.4. The van der Waals surface area contributed by atoms with Crippen LogP contribution in [0.5, 0.6) is 0 Å². The van der Waals surface area contributed by atoms with Gasteiger partial charge in [0, 0.05) is 6.20 Å². The molecule has 0 amide bonds. The van der Waals surface area contributed by atoms with Gasteiger partial charge < -0.3 is 9.84 Å². The molecule has 0 aromatic carbocycles. The summed E-state index contributed by atoms with van der Waals surface area (Å²) in [6.07, 6.45) is 4.38. The number of nitrogens with zero attached hydrogens (tertiary/aromatic N) is 1. The summed E-state index contributed by atoms with van der Waals surface area (Å²) in [7, 11) is 0. The highest BCUT2D eigenvalue weighted by Gasteiger charge is 2.11. The molecule has 20 heavy (non-hydrogen) atoms. The Balaban J connectivity index is 2.27. The average molecular weight is 277 g/mol. The van der Waals surface area contributed by atoms with Crippen LogP contribution in [0.25, 0.3) is 0 Å². The quantitative estimate of drug-likeness (QED) is 0.615. The molecule has 1 rings (SSSR count). The molecule has 1 aromatic rings. The predicted octanol–water partition coefficient (Wildman–Crippen LogP) is 2.98. The highest BCUT2D eigenvalue weighted by atomic mass is 16.5. The Labute approximate surface area is 120 Å². The minimum atomic E-state index is -0.429. The number of allylic oxidation sites excluding steroid dienone is 1. The lowest BCUT2D eigenvalue weighted by Gasteiger charge is -2.14. The second kappa shape index (κ2) is 8.48. The lowest BCUT2D eigenvalue weighted by atomic mass is 9.99. The molecule has 0 aliphatic carbocycles. The molecule has 1 heterocycles. The summed E-state index contributed by atoms with van der Waals surface area (Å²) in [5.41, 5.74) is 1.43. The summed E-state index contributed by atoms with van der Waals surface area (Å²) in [5.74, 6) is -0.111. The third-order valence-electron chi connectivity index (χ3n) is 2.89. The monoisotopic (exact) mass is 277 g/mol. The van der Waals surface area contributed by atoms with Crippen molar-refractivity contribution in [3.63, 3.8) is 0 Å². The van der Waals surface area contributed by atoms with E-state index < -0.39 is 12.1 Å². The summed E-state index contributed by atoms with van der Waals surface area (Å²) >= 11 is 0. The van der Waals surface area contributed by atoms with Crippen LogP contribution in [0.2, 0.25) is 0 Å². The van der Waals surface area contributed by atoms with E-state index in [4.69, 9.17) is 4.74 Å². The SMILES string of the molecule is CC(C)=CC(O)CC(C)CCOC(=O)c1ccccn1. The Morgan fingerprint density at radius 2 is 2.20 bits per heavy atom. The third kappa shape index (κ3) is 6.48. The molecule has 0 aliphatic heterocycles. The molecule has 0 aliphatic rings. The van der Waals surface area contributed by atoms with E-state index in [1.807, 2.05) is 26.8 Å². The molecular formula is C16H23NO3. The maximum atomic E-state index is 11.7. The maximum Gasteiger partial charge on any atom is 0.356 e. The number of hydrogen-bond acceptors (Lipinski definition) is 4. The van der Waals surface area contributed by atoms with Crippen molar-refractivity contribution in [1.82, 2.24) is 4.98 Å². The fourth-order valence-electron chi connectivity index (χ4n) is 1.89. The molecule has 2 unspecified atom stereocenters. The topological polar surface area (TPSA) is 59.4 Å². The number of aliphatic hydroxyl groups excluding tert-OH is 1. The van der Waals surface area contributed by atoms with Crippen LogP contribution in [0.3, 0.4) is 0 Å². The van der Waals surface area contributed by atoms with Gasteiger partial charge in [0.15, 0.2) is 0 Å². The number of carbonyl (C=O) groups is 1. The molecule has 1 N–H and O–H groups in total. The van der Waals surface area contributed by atoms with Crippen molar-refractivity contribution in [2.75, 3.05) is 6.61 Å². The Hall–Kier alpha value is -1.68. The van der Waals surface area contributed by atoms with Crippen LogP contribution in [-0.4, -0.2) is 28.8 Å². The van der Waals surface area contributed by atoms with Gasteiger partial charge in [-0.1, -0.05) is 24.6 Å². The largest absolute Gasteiger partial charge is 0.461 e. The normalized spacial score (nSPS) is 13.4. The van der Waals surface area contributed by atoms with Gasteiger partial charge in [-0.15, -0.1) is 0 Å². The fraction of sp³-hybridized carbons (Fsp3) is 0.500. The zero-order valence-corrected chi connectivity index (χ0v) is 12.4. The first kappa shape index (κ1) is 16.4. The number of rotatable bonds is 7. The predicted molar refractivity (Wildman–Crippen MR) is 78.4 cm³/mol. The molecule has 2 atom stereocenters. The standard InChI is InChI=1S/C16H23NO3/c1-12(2)10-14(18)11-13(3)7-9-20-16(19)15-6-4-5-8-17-15/h4-6,8,10,13-14,18H,7,9,11H2,1-3H3. The number of ether oxygens (including phenoxy) is 1. The first-order valence-corrected chi connectivity index (χ1v) is 6.90. The van der Waals surface area contributed by atoms with Gasteiger partial charge in [-0.2, -0.15) is 0 Å². The van der Waals surface area contributed by atoms with E-state index in [2.05, 4.69) is 4.98 Å². The smallest absolute Gasteiger partial charge is 0.356 e. The molecule has 0 radical (unpaired) electrons. The molecule has 4 heteroatoms. The number of aliphatic hydroxyl groups is 1. The zero-order chi connectivity index (χ0) is 15.0. The van der Waals surface area contributed by atoms with Crippen molar-refractivity contribution in [3.8, 4) is 0 Å². The maximum absolute atomic E-state index is 11.7. The van der Waals surface area contributed by atoms with Crippen LogP contribution in [0.15, 0.2) is 36.0 Å². The number of aromatic nitrogens is 1. The first-order valence-electron chi connectivity index (χ1n) is 6.90. The minimum Gasteiger partial charge on any atom is -0.461 e. The van der Waals surface area contributed by atoms with Crippen molar-refractivity contribution in [1.29, 1.82) is 0 Å². The van der Waals surface area contributed by atoms with Crippen LogP contribution < -0.4 is 0 Å². The van der Waals surface area contributed by atoms with E-state index in [9.17, 15) is 9.90 Å². The van der Waals surface area contributed by atoms with Gasteiger partial charge in [0.05, 0.1) is 12.7 Å². The Bertz CT molecular complexity index is 438. The van der Waals surface area contributed by atoms with Crippen LogP contribution >= 0.6 is 0 Å². The number of esters is 1. The van der Waals surface area contributed by atoms with E-state index in [0.29, 0.717) is 18.7 Å². The van der Waals surface area contributed by atoms with Crippen LogP contribution in [-0.2, 0) is 4.74 Å². The molecule has 4 nitrogen and oxygen atoms in total. The molecule has 0 fully saturated rings. The fourth-order valence-corrected chi connectivity index (χ4v) is 1.89. The molecule has 0 saturated heterocycles. The molecular weight excluding hydrogens is 254 g/mol. The van der Waals surface area contributed by atoms with Crippen molar-refractivity contribution in [2.24, 2.45) is 5.92 Å². The Morgan fingerprint density at radius 1 is 1.45 bits per heavy atom. The number of carbonyl (C=O) groups excluding carboxylic acids is 1. The van der Waals surface area contributed by atoms with Gasteiger partial charge in [-0.05, 0) is 44.7 Å². The van der Waals surface area contributed by atoms with Crippen molar-refractivity contribution in [2.45, 2.75) is 39.7 Å². The van der Waals surface area contributed by atoms with Crippen LogP contribution in [0.1, 0.15) is 44.1 Å². The van der Waals surface area contributed by atoms with E-state index in [-0.39, 0.29) is 5.92 Å². The molecule has 0 bridgehead atoms.